The van der Waals surface area contributed by atoms with Crippen molar-refractivity contribution < 1.29 is 13.2 Å². The largest absolute Gasteiger partial charge is 0.496 e. The Bertz CT molecular complexity index is 550. The highest BCUT2D eigenvalue weighted by Gasteiger charge is 2.40. The van der Waals surface area contributed by atoms with Crippen LogP contribution in [0.25, 0.3) is 0 Å². The lowest BCUT2D eigenvalue weighted by Gasteiger charge is -2.33. The maximum atomic E-state index is 12.0. The first-order valence-electron chi connectivity index (χ1n) is 6.16. The number of rotatable bonds is 5. The van der Waals surface area contributed by atoms with Crippen LogP contribution in [0.5, 0.6) is 5.75 Å². The quantitative estimate of drug-likeness (QED) is 0.900. The van der Waals surface area contributed by atoms with Gasteiger partial charge < -0.3 is 10.1 Å². The number of sulfone groups is 1. The highest BCUT2D eigenvalue weighted by atomic mass is 32.2. The molecule has 0 spiro atoms. The Labute approximate surface area is 116 Å². The van der Waals surface area contributed by atoms with Crippen molar-refractivity contribution in [2.24, 2.45) is 0 Å². The van der Waals surface area contributed by atoms with Gasteiger partial charge in [0.15, 0.2) is 9.84 Å². The Balaban J connectivity index is 3.44. The highest BCUT2D eigenvalue weighted by molar-refractivity contribution is 7.92. The summed E-state index contributed by atoms with van der Waals surface area (Å²) in [5.41, 5.74) is 1.93. The summed E-state index contributed by atoms with van der Waals surface area (Å²) in [5, 5.41) is 3.11. The van der Waals surface area contributed by atoms with Gasteiger partial charge in [-0.3, -0.25) is 0 Å². The first kappa shape index (κ1) is 16.0. The predicted molar refractivity (Wildman–Crippen MR) is 78.5 cm³/mol. The monoisotopic (exact) mass is 285 g/mol. The Morgan fingerprint density at radius 1 is 1.32 bits per heavy atom. The van der Waals surface area contributed by atoms with Crippen LogP contribution in [0, 0.1) is 6.92 Å². The molecule has 1 atom stereocenters. The van der Waals surface area contributed by atoms with Crippen molar-refractivity contribution in [3.05, 3.63) is 29.3 Å². The summed E-state index contributed by atoms with van der Waals surface area (Å²) >= 11 is 0. The number of ether oxygens (including phenoxy) is 1. The average Bonchev–Trinajstić information content (AvgIpc) is 2.28. The van der Waals surface area contributed by atoms with Crippen LogP contribution in [0.1, 0.15) is 31.0 Å². The van der Waals surface area contributed by atoms with Gasteiger partial charge in [0.25, 0.3) is 0 Å². The first-order valence-corrected chi connectivity index (χ1v) is 8.05. The molecule has 5 heteroatoms. The lowest BCUT2D eigenvalue weighted by atomic mass is 9.93. The molecule has 4 nitrogen and oxygen atoms in total. The van der Waals surface area contributed by atoms with Crippen LogP contribution in [0.2, 0.25) is 0 Å². The van der Waals surface area contributed by atoms with E-state index in [9.17, 15) is 8.42 Å². The van der Waals surface area contributed by atoms with Crippen molar-refractivity contribution in [1.82, 2.24) is 5.32 Å². The molecule has 0 bridgehead atoms. The van der Waals surface area contributed by atoms with Crippen LogP contribution in [0.4, 0.5) is 0 Å². The topological polar surface area (TPSA) is 55.4 Å². The summed E-state index contributed by atoms with van der Waals surface area (Å²) in [6.07, 6.45) is 1.26. The van der Waals surface area contributed by atoms with Crippen LogP contribution < -0.4 is 10.1 Å². The molecule has 19 heavy (non-hydrogen) atoms. The van der Waals surface area contributed by atoms with Gasteiger partial charge in [0.05, 0.1) is 17.9 Å². The van der Waals surface area contributed by atoms with E-state index in [1.54, 1.807) is 28.0 Å². The Hall–Kier alpha value is -1.07. The number of methoxy groups -OCH3 is 1. The van der Waals surface area contributed by atoms with Crippen molar-refractivity contribution in [3.63, 3.8) is 0 Å². The fraction of sp³-hybridized carbons (Fsp3) is 0.571. The van der Waals surface area contributed by atoms with Gasteiger partial charge in [-0.2, -0.15) is 0 Å². The summed E-state index contributed by atoms with van der Waals surface area (Å²) in [5.74, 6) is 0.696. The van der Waals surface area contributed by atoms with Crippen molar-refractivity contribution in [2.45, 2.75) is 31.6 Å². The summed E-state index contributed by atoms with van der Waals surface area (Å²) in [4.78, 5) is 0. The van der Waals surface area contributed by atoms with E-state index in [1.807, 2.05) is 25.1 Å². The number of hydrogen-bond acceptors (Lipinski definition) is 4. The van der Waals surface area contributed by atoms with Crippen molar-refractivity contribution in [3.8, 4) is 5.75 Å². The van der Waals surface area contributed by atoms with Gasteiger partial charge in [0, 0.05) is 11.8 Å². The molecule has 0 aliphatic heterocycles. The van der Waals surface area contributed by atoms with Gasteiger partial charge in [0.1, 0.15) is 5.75 Å². The lowest BCUT2D eigenvalue weighted by molar-refractivity contribution is 0.385. The summed E-state index contributed by atoms with van der Waals surface area (Å²) in [6.45, 7) is 5.43. The molecule has 0 heterocycles. The third-order valence-electron chi connectivity index (χ3n) is 3.64. The second-order valence-corrected chi connectivity index (χ2v) is 7.94. The molecule has 1 aromatic rings. The fourth-order valence-electron chi connectivity index (χ4n) is 2.17. The number of hydrogen-bond donors (Lipinski definition) is 1. The van der Waals surface area contributed by atoms with Crippen LogP contribution in [-0.2, 0) is 9.84 Å². The molecular weight excluding hydrogens is 262 g/mol. The Kier molecular flexibility index (Phi) is 4.63. The molecule has 1 aromatic carbocycles. The lowest BCUT2D eigenvalue weighted by Crippen LogP contribution is -2.44. The molecule has 1 N–H and O–H groups in total. The second kappa shape index (κ2) is 5.51. The van der Waals surface area contributed by atoms with E-state index in [4.69, 9.17) is 4.74 Å². The minimum atomic E-state index is -3.22. The van der Waals surface area contributed by atoms with Crippen LogP contribution in [0.15, 0.2) is 18.2 Å². The molecule has 0 amide bonds. The normalized spacial score (nSPS) is 14.2. The molecule has 108 valence electrons. The zero-order chi connectivity index (χ0) is 14.8. The molecule has 1 rings (SSSR count). The molecule has 1 unspecified atom stereocenters. The predicted octanol–water partition coefficient (Wildman–Crippen LogP) is 2.09. The van der Waals surface area contributed by atoms with Crippen molar-refractivity contribution in [1.29, 1.82) is 0 Å². The van der Waals surface area contributed by atoms with Gasteiger partial charge in [0.2, 0.25) is 0 Å². The third-order valence-corrected chi connectivity index (χ3v) is 5.78. The maximum absolute atomic E-state index is 12.0. The van der Waals surface area contributed by atoms with Gasteiger partial charge in [-0.05, 0) is 33.9 Å². The SMILES string of the molecule is CNC(c1cc(C)ccc1OC)C(C)(C)S(C)(=O)=O. The maximum Gasteiger partial charge on any atom is 0.154 e. The van der Waals surface area contributed by atoms with Crippen molar-refractivity contribution in [2.75, 3.05) is 20.4 Å². The van der Waals surface area contributed by atoms with Crippen LogP contribution >= 0.6 is 0 Å². The van der Waals surface area contributed by atoms with Gasteiger partial charge in [-0.25, -0.2) is 8.42 Å². The molecule has 0 saturated carbocycles. The zero-order valence-electron chi connectivity index (χ0n) is 12.4. The van der Waals surface area contributed by atoms with E-state index in [2.05, 4.69) is 5.32 Å². The molecule has 0 saturated heterocycles. The van der Waals surface area contributed by atoms with E-state index >= 15 is 0 Å². The Morgan fingerprint density at radius 3 is 2.32 bits per heavy atom. The first-order chi connectivity index (χ1) is 8.65. The Morgan fingerprint density at radius 2 is 1.89 bits per heavy atom. The average molecular weight is 285 g/mol. The number of aryl methyl sites for hydroxylation is 1. The van der Waals surface area contributed by atoms with E-state index in [0.29, 0.717) is 5.75 Å². The van der Waals surface area contributed by atoms with E-state index in [0.717, 1.165) is 11.1 Å². The molecular formula is C14H23NO3S. The van der Waals surface area contributed by atoms with Gasteiger partial charge in [-0.15, -0.1) is 0 Å². The highest BCUT2D eigenvalue weighted by Crippen LogP contribution is 2.36. The summed E-state index contributed by atoms with van der Waals surface area (Å²) in [6, 6.07) is 5.44. The van der Waals surface area contributed by atoms with Gasteiger partial charge >= 0.3 is 0 Å². The molecule has 0 aliphatic carbocycles. The summed E-state index contributed by atoms with van der Waals surface area (Å²) in [7, 11) is 0.137. The van der Waals surface area contributed by atoms with Gasteiger partial charge in [-0.1, -0.05) is 17.7 Å². The molecule has 0 aromatic heterocycles. The fourth-order valence-corrected chi connectivity index (χ4v) is 2.84. The molecule has 0 fully saturated rings. The number of benzene rings is 1. The minimum absolute atomic E-state index is 0.336. The minimum Gasteiger partial charge on any atom is -0.496 e. The third kappa shape index (κ3) is 3.09. The standard InChI is InChI=1S/C14H23NO3S/c1-10-7-8-12(18-5)11(9-10)13(15-4)14(2,3)19(6,16)17/h7-9,13,15H,1-6H3. The van der Waals surface area contributed by atoms with E-state index in [-0.39, 0.29) is 6.04 Å². The number of nitrogens with one attached hydrogen (secondary N) is 1. The second-order valence-electron chi connectivity index (χ2n) is 5.34. The summed E-state index contributed by atoms with van der Waals surface area (Å²) < 4.78 is 28.5. The van der Waals surface area contributed by atoms with Crippen LogP contribution in [0.3, 0.4) is 0 Å². The van der Waals surface area contributed by atoms with Crippen LogP contribution in [-0.4, -0.2) is 33.6 Å². The zero-order valence-corrected chi connectivity index (χ0v) is 13.3. The van der Waals surface area contributed by atoms with E-state index < -0.39 is 14.6 Å². The molecule has 0 radical (unpaired) electrons. The smallest absolute Gasteiger partial charge is 0.154 e. The molecule has 0 aliphatic rings. The van der Waals surface area contributed by atoms with E-state index in [1.165, 1.54) is 6.26 Å². The van der Waals surface area contributed by atoms with Crippen molar-refractivity contribution >= 4 is 9.84 Å².